The van der Waals surface area contributed by atoms with E-state index in [-0.39, 0.29) is 0 Å². The Labute approximate surface area is 113 Å². The van der Waals surface area contributed by atoms with Gasteiger partial charge in [0.05, 0.1) is 11.3 Å². The Hall–Kier alpha value is -1.61. The van der Waals surface area contributed by atoms with Crippen LogP contribution < -0.4 is 4.72 Å². The van der Waals surface area contributed by atoms with Crippen molar-refractivity contribution < 1.29 is 31.5 Å². The average molecular weight is 311 g/mol. The SMILES string of the molecule is CC(NS(=O)(=O)Cc1ccccc1C(F)(F)F)C(=O)O. The number of aliphatic carboxylic acids is 1. The number of nitrogens with one attached hydrogen (secondary N) is 1. The van der Waals surface area contributed by atoms with E-state index in [4.69, 9.17) is 5.11 Å². The summed E-state index contributed by atoms with van der Waals surface area (Å²) < 4.78 is 63.2. The summed E-state index contributed by atoms with van der Waals surface area (Å²) in [5, 5.41) is 8.59. The van der Waals surface area contributed by atoms with E-state index < -0.39 is 45.1 Å². The average Bonchev–Trinajstić information content (AvgIpc) is 2.26. The van der Waals surface area contributed by atoms with Gasteiger partial charge in [-0.25, -0.2) is 13.1 Å². The Morgan fingerprint density at radius 3 is 2.40 bits per heavy atom. The van der Waals surface area contributed by atoms with Gasteiger partial charge >= 0.3 is 12.1 Å². The van der Waals surface area contributed by atoms with E-state index in [9.17, 15) is 26.4 Å². The quantitative estimate of drug-likeness (QED) is 0.865. The van der Waals surface area contributed by atoms with E-state index in [0.717, 1.165) is 25.1 Å². The van der Waals surface area contributed by atoms with Crippen molar-refractivity contribution in [3.8, 4) is 0 Å². The number of benzene rings is 1. The van der Waals surface area contributed by atoms with Gasteiger partial charge in [0.1, 0.15) is 6.04 Å². The maximum absolute atomic E-state index is 12.7. The van der Waals surface area contributed by atoms with E-state index in [1.165, 1.54) is 6.07 Å². The lowest BCUT2D eigenvalue weighted by atomic mass is 10.1. The van der Waals surface area contributed by atoms with Gasteiger partial charge in [0.2, 0.25) is 10.0 Å². The highest BCUT2D eigenvalue weighted by Gasteiger charge is 2.34. The molecule has 20 heavy (non-hydrogen) atoms. The zero-order valence-corrected chi connectivity index (χ0v) is 11.1. The Bertz CT molecular complexity index is 598. The van der Waals surface area contributed by atoms with E-state index in [0.29, 0.717) is 0 Å². The Balaban J connectivity index is 3.02. The first-order chi connectivity index (χ1) is 9.03. The molecule has 0 radical (unpaired) electrons. The van der Waals surface area contributed by atoms with Crippen molar-refractivity contribution in [2.45, 2.75) is 24.9 Å². The molecule has 5 nitrogen and oxygen atoms in total. The summed E-state index contributed by atoms with van der Waals surface area (Å²) >= 11 is 0. The number of sulfonamides is 1. The summed E-state index contributed by atoms with van der Waals surface area (Å²) in [5.74, 6) is -2.36. The number of halogens is 3. The van der Waals surface area contributed by atoms with Gasteiger partial charge in [0, 0.05) is 0 Å². The third-order valence-corrected chi connectivity index (χ3v) is 3.80. The highest BCUT2D eigenvalue weighted by atomic mass is 32.2. The van der Waals surface area contributed by atoms with Crippen LogP contribution in [-0.2, 0) is 26.7 Å². The molecule has 0 fully saturated rings. The van der Waals surface area contributed by atoms with E-state index in [1.54, 1.807) is 4.72 Å². The molecule has 0 heterocycles. The van der Waals surface area contributed by atoms with Gasteiger partial charge in [-0.3, -0.25) is 4.79 Å². The third-order valence-electron chi connectivity index (χ3n) is 2.40. The van der Waals surface area contributed by atoms with Crippen molar-refractivity contribution in [3.05, 3.63) is 35.4 Å². The molecule has 0 amide bonds. The molecule has 112 valence electrons. The zero-order chi connectivity index (χ0) is 15.6. The number of carbonyl (C=O) groups is 1. The molecule has 0 saturated carbocycles. The first-order valence-electron chi connectivity index (χ1n) is 5.41. The standard InChI is InChI=1S/C11H12F3NO4S/c1-7(10(16)17)15-20(18,19)6-8-4-2-3-5-9(8)11(12,13)14/h2-5,7,15H,6H2,1H3,(H,16,17). The highest BCUT2D eigenvalue weighted by molar-refractivity contribution is 7.88. The molecule has 1 atom stereocenters. The van der Waals surface area contributed by atoms with E-state index in [2.05, 4.69) is 0 Å². The number of carboxylic acid groups (broad SMARTS) is 1. The Morgan fingerprint density at radius 1 is 1.35 bits per heavy atom. The minimum atomic E-state index is -4.68. The van der Waals surface area contributed by atoms with Crippen LogP contribution in [0.2, 0.25) is 0 Å². The van der Waals surface area contributed by atoms with Crippen LogP contribution in [-0.4, -0.2) is 25.5 Å². The predicted octanol–water partition coefficient (Wildman–Crippen LogP) is 1.60. The molecule has 1 rings (SSSR count). The van der Waals surface area contributed by atoms with Gasteiger partial charge in [-0.2, -0.15) is 13.2 Å². The highest BCUT2D eigenvalue weighted by Crippen LogP contribution is 2.32. The van der Waals surface area contributed by atoms with Gasteiger partial charge in [0.15, 0.2) is 0 Å². The molecule has 0 aliphatic carbocycles. The molecule has 9 heteroatoms. The summed E-state index contributed by atoms with van der Waals surface area (Å²) in [4.78, 5) is 10.5. The summed E-state index contributed by atoms with van der Waals surface area (Å²) in [5.41, 5.74) is -1.50. The fraction of sp³-hybridized carbons (Fsp3) is 0.364. The van der Waals surface area contributed by atoms with Crippen molar-refractivity contribution in [3.63, 3.8) is 0 Å². The van der Waals surface area contributed by atoms with Gasteiger partial charge in [-0.15, -0.1) is 0 Å². The third kappa shape index (κ3) is 4.49. The largest absolute Gasteiger partial charge is 0.480 e. The lowest BCUT2D eigenvalue weighted by Crippen LogP contribution is -2.39. The molecule has 0 aliphatic rings. The summed E-state index contributed by atoms with van der Waals surface area (Å²) in [6, 6.07) is 2.81. The second kappa shape index (κ2) is 5.80. The van der Waals surface area contributed by atoms with Crippen LogP contribution in [0.15, 0.2) is 24.3 Å². The molecule has 2 N–H and O–H groups in total. The number of alkyl halides is 3. The van der Waals surface area contributed by atoms with Crippen molar-refractivity contribution in [1.82, 2.24) is 4.72 Å². The van der Waals surface area contributed by atoms with Crippen LogP contribution >= 0.6 is 0 Å². The van der Waals surface area contributed by atoms with Crippen LogP contribution in [0.5, 0.6) is 0 Å². The second-order valence-electron chi connectivity index (χ2n) is 4.09. The van der Waals surface area contributed by atoms with Gasteiger partial charge < -0.3 is 5.11 Å². The topological polar surface area (TPSA) is 83.5 Å². The van der Waals surface area contributed by atoms with Crippen molar-refractivity contribution >= 4 is 16.0 Å². The summed E-state index contributed by atoms with van der Waals surface area (Å²) in [6.07, 6.45) is -4.68. The fourth-order valence-electron chi connectivity index (χ4n) is 1.49. The molecule has 0 spiro atoms. The lowest BCUT2D eigenvalue weighted by Gasteiger charge is -2.14. The minimum absolute atomic E-state index is 0.440. The molecule has 1 unspecified atom stereocenters. The van der Waals surface area contributed by atoms with Crippen LogP contribution in [0.25, 0.3) is 0 Å². The van der Waals surface area contributed by atoms with Crippen molar-refractivity contribution in [1.29, 1.82) is 0 Å². The van der Waals surface area contributed by atoms with E-state index >= 15 is 0 Å². The minimum Gasteiger partial charge on any atom is -0.480 e. The molecular weight excluding hydrogens is 299 g/mol. The predicted molar refractivity (Wildman–Crippen MR) is 64.3 cm³/mol. The number of hydrogen-bond donors (Lipinski definition) is 2. The molecule has 0 aliphatic heterocycles. The number of hydrogen-bond acceptors (Lipinski definition) is 3. The molecule has 1 aromatic rings. The number of carboxylic acids is 1. The Kier molecular flexibility index (Phi) is 4.77. The lowest BCUT2D eigenvalue weighted by molar-refractivity contribution is -0.139. The first kappa shape index (κ1) is 16.4. The first-order valence-corrected chi connectivity index (χ1v) is 7.06. The van der Waals surface area contributed by atoms with Crippen LogP contribution in [0.1, 0.15) is 18.1 Å². The second-order valence-corrected chi connectivity index (χ2v) is 5.85. The normalized spacial score (nSPS) is 14.0. The van der Waals surface area contributed by atoms with E-state index in [1.807, 2.05) is 0 Å². The number of rotatable bonds is 5. The molecular formula is C11H12F3NO4S. The van der Waals surface area contributed by atoms with Crippen LogP contribution in [0.3, 0.4) is 0 Å². The molecule has 1 aromatic carbocycles. The summed E-state index contributed by atoms with van der Waals surface area (Å²) in [7, 11) is -4.19. The smallest absolute Gasteiger partial charge is 0.416 e. The zero-order valence-electron chi connectivity index (χ0n) is 10.3. The van der Waals surface area contributed by atoms with Gasteiger partial charge in [-0.1, -0.05) is 18.2 Å². The fourth-order valence-corrected chi connectivity index (χ4v) is 2.87. The maximum Gasteiger partial charge on any atom is 0.416 e. The Morgan fingerprint density at radius 2 is 1.90 bits per heavy atom. The maximum atomic E-state index is 12.7. The van der Waals surface area contributed by atoms with Crippen LogP contribution in [0.4, 0.5) is 13.2 Å². The molecule has 0 saturated heterocycles. The van der Waals surface area contributed by atoms with Crippen molar-refractivity contribution in [2.24, 2.45) is 0 Å². The van der Waals surface area contributed by atoms with Gasteiger partial charge in [-0.05, 0) is 18.6 Å². The van der Waals surface area contributed by atoms with Crippen LogP contribution in [0, 0.1) is 0 Å². The van der Waals surface area contributed by atoms with Gasteiger partial charge in [0.25, 0.3) is 0 Å². The molecule has 0 bridgehead atoms. The summed E-state index contributed by atoms with van der Waals surface area (Å²) in [6.45, 7) is 1.08. The monoisotopic (exact) mass is 311 g/mol. The van der Waals surface area contributed by atoms with Crippen molar-refractivity contribution in [2.75, 3.05) is 0 Å². The molecule has 0 aromatic heterocycles.